The van der Waals surface area contributed by atoms with Gasteiger partial charge in [-0.05, 0) is 24.1 Å². The molecule has 0 aliphatic rings. The van der Waals surface area contributed by atoms with Gasteiger partial charge in [-0.25, -0.2) is 14.0 Å². The van der Waals surface area contributed by atoms with Gasteiger partial charge >= 0.3 is 11.7 Å². The molecule has 146 valence electrons. The first-order valence-corrected chi connectivity index (χ1v) is 8.70. The van der Waals surface area contributed by atoms with Gasteiger partial charge in [0.1, 0.15) is 11.4 Å². The lowest BCUT2D eigenvalue weighted by Crippen LogP contribution is -2.40. The second-order valence-electron chi connectivity index (χ2n) is 6.58. The molecule has 1 amide bonds. The highest BCUT2D eigenvalue weighted by Gasteiger charge is 2.28. The van der Waals surface area contributed by atoms with Crippen LogP contribution in [0.2, 0.25) is 0 Å². The maximum Gasteiger partial charge on any atom is 0.417 e. The van der Waals surface area contributed by atoms with E-state index in [1.165, 1.54) is 12.1 Å². The van der Waals surface area contributed by atoms with E-state index in [1.807, 2.05) is 0 Å². The molecule has 1 unspecified atom stereocenters. The SMILES string of the molecule is CC(C)C(OC(=O)c1cccc2[nH]c(=O)oc12)C(=O)NCc1ccccc1F. The second kappa shape index (κ2) is 8.08. The molecule has 8 heteroatoms. The fraction of sp³-hybridized carbons (Fsp3) is 0.250. The number of oxazole rings is 1. The van der Waals surface area contributed by atoms with Gasteiger partial charge in [-0.3, -0.25) is 9.78 Å². The summed E-state index contributed by atoms with van der Waals surface area (Å²) in [6.45, 7) is 3.41. The lowest BCUT2D eigenvalue weighted by atomic mass is 10.1. The van der Waals surface area contributed by atoms with Crippen LogP contribution in [0.15, 0.2) is 51.7 Å². The van der Waals surface area contributed by atoms with Crippen molar-refractivity contribution in [2.75, 3.05) is 0 Å². The first-order valence-electron chi connectivity index (χ1n) is 8.70. The van der Waals surface area contributed by atoms with E-state index in [9.17, 15) is 18.8 Å². The molecule has 0 aliphatic carbocycles. The minimum absolute atomic E-state index is 0.0309. The minimum atomic E-state index is -1.10. The number of ether oxygens (including phenoxy) is 1. The van der Waals surface area contributed by atoms with E-state index in [2.05, 4.69) is 10.3 Å². The molecule has 0 aliphatic heterocycles. The number of nitrogens with one attached hydrogen (secondary N) is 2. The molecule has 2 aromatic carbocycles. The quantitative estimate of drug-likeness (QED) is 0.635. The normalized spacial score (nSPS) is 12.1. The number of rotatable bonds is 6. The Morgan fingerprint density at radius 2 is 1.93 bits per heavy atom. The summed E-state index contributed by atoms with van der Waals surface area (Å²) in [5.41, 5.74) is 0.767. The Hall–Kier alpha value is -3.42. The summed E-state index contributed by atoms with van der Waals surface area (Å²) in [5.74, 6) is -2.81. The zero-order valence-electron chi connectivity index (χ0n) is 15.3. The Morgan fingerprint density at radius 3 is 2.64 bits per heavy atom. The zero-order valence-corrected chi connectivity index (χ0v) is 15.3. The summed E-state index contributed by atoms with van der Waals surface area (Å²) in [6, 6.07) is 10.7. The molecular formula is C20H19FN2O5. The van der Waals surface area contributed by atoms with Gasteiger partial charge in [0.15, 0.2) is 11.7 Å². The molecule has 7 nitrogen and oxygen atoms in total. The number of halogens is 1. The van der Waals surface area contributed by atoms with Gasteiger partial charge in [0.05, 0.1) is 5.52 Å². The zero-order chi connectivity index (χ0) is 20.3. The summed E-state index contributed by atoms with van der Waals surface area (Å²) in [4.78, 5) is 38.9. The first-order chi connectivity index (χ1) is 13.4. The number of H-pyrrole nitrogens is 1. The van der Waals surface area contributed by atoms with Crippen LogP contribution in [0.3, 0.4) is 0 Å². The van der Waals surface area contributed by atoms with Crippen molar-refractivity contribution in [2.24, 2.45) is 5.92 Å². The Labute approximate surface area is 159 Å². The van der Waals surface area contributed by atoms with Gasteiger partial charge in [-0.15, -0.1) is 0 Å². The smallest absolute Gasteiger partial charge is 0.417 e. The summed E-state index contributed by atoms with van der Waals surface area (Å²) >= 11 is 0. The number of aromatic amines is 1. The van der Waals surface area contributed by atoms with Crippen LogP contribution in [-0.4, -0.2) is 23.0 Å². The third kappa shape index (κ3) is 4.11. The number of carbonyl (C=O) groups excluding carboxylic acids is 2. The monoisotopic (exact) mass is 386 g/mol. The Bertz CT molecular complexity index is 1070. The molecule has 3 aromatic rings. The number of amides is 1. The van der Waals surface area contributed by atoms with Crippen molar-refractivity contribution in [3.8, 4) is 0 Å². The van der Waals surface area contributed by atoms with Gasteiger partial charge in [-0.2, -0.15) is 0 Å². The topological polar surface area (TPSA) is 101 Å². The van der Waals surface area contributed by atoms with E-state index < -0.39 is 29.6 Å². The minimum Gasteiger partial charge on any atom is -0.448 e. The fourth-order valence-corrected chi connectivity index (χ4v) is 2.73. The predicted molar refractivity (Wildman–Crippen MR) is 99.1 cm³/mol. The number of fused-ring (bicyclic) bond motifs is 1. The molecule has 28 heavy (non-hydrogen) atoms. The molecule has 0 saturated carbocycles. The Kier molecular flexibility index (Phi) is 5.58. The van der Waals surface area contributed by atoms with Crippen LogP contribution in [0, 0.1) is 11.7 Å². The third-order valence-electron chi connectivity index (χ3n) is 4.18. The van der Waals surface area contributed by atoms with E-state index >= 15 is 0 Å². The van der Waals surface area contributed by atoms with Crippen LogP contribution in [0.25, 0.3) is 11.1 Å². The number of aromatic nitrogens is 1. The number of esters is 1. The van der Waals surface area contributed by atoms with E-state index in [1.54, 1.807) is 44.2 Å². The van der Waals surface area contributed by atoms with E-state index in [0.29, 0.717) is 11.1 Å². The van der Waals surface area contributed by atoms with Crippen molar-refractivity contribution < 1.29 is 23.1 Å². The largest absolute Gasteiger partial charge is 0.448 e. The molecule has 0 bridgehead atoms. The predicted octanol–water partition coefficient (Wildman–Crippen LogP) is 2.76. The molecule has 1 aromatic heterocycles. The highest BCUT2D eigenvalue weighted by molar-refractivity contribution is 6.01. The van der Waals surface area contributed by atoms with Crippen LogP contribution >= 0.6 is 0 Å². The highest BCUT2D eigenvalue weighted by atomic mass is 19.1. The van der Waals surface area contributed by atoms with Gasteiger partial charge in [-0.1, -0.05) is 38.1 Å². The van der Waals surface area contributed by atoms with E-state index in [4.69, 9.17) is 9.15 Å². The van der Waals surface area contributed by atoms with Crippen LogP contribution < -0.4 is 11.1 Å². The first kappa shape index (κ1) is 19.3. The van der Waals surface area contributed by atoms with Gasteiger partial charge < -0.3 is 14.5 Å². The van der Waals surface area contributed by atoms with Crippen LogP contribution in [-0.2, 0) is 16.1 Å². The average molecular weight is 386 g/mol. The summed E-state index contributed by atoms with van der Waals surface area (Å²) < 4.78 is 24.1. The van der Waals surface area contributed by atoms with Gasteiger partial charge in [0, 0.05) is 12.1 Å². The van der Waals surface area contributed by atoms with Gasteiger partial charge in [0.2, 0.25) is 0 Å². The molecule has 1 atom stereocenters. The number of carbonyl (C=O) groups is 2. The van der Waals surface area contributed by atoms with E-state index in [-0.39, 0.29) is 23.6 Å². The van der Waals surface area contributed by atoms with Crippen LogP contribution in [0.1, 0.15) is 29.8 Å². The average Bonchev–Trinajstić information content (AvgIpc) is 3.04. The van der Waals surface area contributed by atoms with Gasteiger partial charge in [0.25, 0.3) is 5.91 Å². The Morgan fingerprint density at radius 1 is 1.18 bits per heavy atom. The second-order valence-corrected chi connectivity index (χ2v) is 6.58. The maximum absolute atomic E-state index is 13.7. The molecule has 3 rings (SSSR count). The van der Waals surface area contributed by atoms with Crippen molar-refractivity contribution >= 4 is 23.0 Å². The lowest BCUT2D eigenvalue weighted by molar-refractivity contribution is -0.132. The summed E-state index contributed by atoms with van der Waals surface area (Å²) in [6.07, 6.45) is -1.10. The van der Waals surface area contributed by atoms with Crippen molar-refractivity contribution in [3.05, 3.63) is 70.0 Å². The van der Waals surface area contributed by atoms with Crippen molar-refractivity contribution in [3.63, 3.8) is 0 Å². The van der Waals surface area contributed by atoms with Crippen molar-refractivity contribution in [1.29, 1.82) is 0 Å². The molecule has 0 radical (unpaired) electrons. The molecule has 1 heterocycles. The molecule has 0 fully saturated rings. The molecule has 2 N–H and O–H groups in total. The maximum atomic E-state index is 13.7. The van der Waals surface area contributed by atoms with E-state index in [0.717, 1.165) is 0 Å². The van der Waals surface area contributed by atoms with Crippen LogP contribution in [0.4, 0.5) is 4.39 Å². The van der Waals surface area contributed by atoms with Crippen molar-refractivity contribution in [1.82, 2.24) is 10.3 Å². The molecule has 0 saturated heterocycles. The lowest BCUT2D eigenvalue weighted by Gasteiger charge is -2.21. The molecular weight excluding hydrogens is 367 g/mol. The number of hydrogen-bond donors (Lipinski definition) is 2. The Balaban J connectivity index is 1.75. The summed E-state index contributed by atoms with van der Waals surface area (Å²) in [5, 5.41) is 2.58. The highest BCUT2D eigenvalue weighted by Crippen LogP contribution is 2.19. The number of benzene rings is 2. The van der Waals surface area contributed by atoms with Crippen molar-refractivity contribution in [2.45, 2.75) is 26.5 Å². The summed E-state index contributed by atoms with van der Waals surface area (Å²) in [7, 11) is 0. The fourth-order valence-electron chi connectivity index (χ4n) is 2.73. The third-order valence-corrected chi connectivity index (χ3v) is 4.18. The number of para-hydroxylation sites is 1. The number of hydrogen-bond acceptors (Lipinski definition) is 5. The van der Waals surface area contributed by atoms with Crippen LogP contribution in [0.5, 0.6) is 0 Å². The standard InChI is InChI=1S/C20H19FN2O5/c1-11(2)16(18(24)22-10-12-6-3-4-8-14(12)21)27-19(25)13-7-5-9-15-17(13)28-20(26)23-15/h3-9,11,16H,10H2,1-2H3,(H,22,24)(H,23,26). The molecule has 0 spiro atoms.